The van der Waals surface area contributed by atoms with Crippen molar-refractivity contribution >= 4 is 39.8 Å². The molecule has 34 heavy (non-hydrogen) atoms. The van der Waals surface area contributed by atoms with E-state index >= 15 is 0 Å². The maximum atomic E-state index is 13.1. The number of aromatic nitrogens is 2. The Morgan fingerprint density at radius 2 is 1.97 bits per heavy atom. The fourth-order valence-electron chi connectivity index (χ4n) is 4.30. The lowest BCUT2D eigenvalue weighted by Crippen LogP contribution is -2.33. The zero-order valence-corrected chi connectivity index (χ0v) is 19.9. The first kappa shape index (κ1) is 22.8. The lowest BCUT2D eigenvalue weighted by atomic mass is 10.1. The van der Waals surface area contributed by atoms with Gasteiger partial charge in [-0.3, -0.25) is 14.4 Å². The van der Waals surface area contributed by atoms with Crippen molar-refractivity contribution in [1.29, 1.82) is 0 Å². The first-order valence-corrected chi connectivity index (χ1v) is 12.4. The summed E-state index contributed by atoms with van der Waals surface area (Å²) in [6.07, 6.45) is 6.07. The number of halogens is 1. The monoisotopic (exact) mass is 498 g/mol. The molecule has 176 valence electrons. The fraction of sp³-hybridized carbons (Fsp3) is 0.333. The van der Waals surface area contributed by atoms with E-state index in [0.29, 0.717) is 34.4 Å². The highest BCUT2D eigenvalue weighted by molar-refractivity contribution is 7.17. The van der Waals surface area contributed by atoms with Crippen LogP contribution in [0.4, 0.5) is 5.00 Å². The summed E-state index contributed by atoms with van der Waals surface area (Å²) >= 11 is 7.34. The normalized spacial score (nSPS) is 16.9. The van der Waals surface area contributed by atoms with Crippen molar-refractivity contribution in [1.82, 2.24) is 15.1 Å². The van der Waals surface area contributed by atoms with Crippen LogP contribution < -0.4 is 16.1 Å². The molecule has 2 aliphatic rings. The van der Waals surface area contributed by atoms with Gasteiger partial charge >= 0.3 is 0 Å². The van der Waals surface area contributed by atoms with E-state index in [1.165, 1.54) is 28.3 Å². The highest BCUT2D eigenvalue weighted by atomic mass is 35.5. The van der Waals surface area contributed by atoms with Crippen LogP contribution in [0.25, 0.3) is 5.69 Å². The molecule has 10 heteroatoms. The Morgan fingerprint density at radius 3 is 2.74 bits per heavy atom. The maximum Gasteiger partial charge on any atom is 0.280 e. The molecule has 2 aromatic heterocycles. The van der Waals surface area contributed by atoms with Crippen LogP contribution in [0.2, 0.25) is 5.02 Å². The second-order valence-electron chi connectivity index (χ2n) is 8.31. The SMILES string of the molecule is O=C(NC[C@H]1CCCO1)c1c(NC(=O)c2nn(-c3ccc(Cl)cc3)ccc2=O)sc2c1CCC2. The second kappa shape index (κ2) is 9.69. The molecule has 3 heterocycles. The zero-order valence-electron chi connectivity index (χ0n) is 18.3. The Bertz CT molecular complexity index is 1300. The molecule has 2 N–H and O–H groups in total. The molecule has 0 unspecified atom stereocenters. The highest BCUT2D eigenvalue weighted by Crippen LogP contribution is 2.39. The average Bonchev–Trinajstić information content (AvgIpc) is 3.56. The maximum absolute atomic E-state index is 13.1. The molecule has 3 aromatic rings. The lowest BCUT2D eigenvalue weighted by molar-refractivity contribution is 0.0858. The largest absolute Gasteiger partial charge is 0.376 e. The number of rotatable bonds is 6. The minimum Gasteiger partial charge on any atom is -0.376 e. The van der Waals surface area contributed by atoms with Crippen molar-refractivity contribution in [3.8, 4) is 5.69 Å². The fourth-order valence-corrected chi connectivity index (χ4v) is 5.71. The van der Waals surface area contributed by atoms with E-state index in [4.69, 9.17) is 16.3 Å². The van der Waals surface area contributed by atoms with E-state index in [9.17, 15) is 14.4 Å². The van der Waals surface area contributed by atoms with Gasteiger partial charge in [0.15, 0.2) is 5.69 Å². The van der Waals surface area contributed by atoms with Crippen LogP contribution in [-0.2, 0) is 17.6 Å². The summed E-state index contributed by atoms with van der Waals surface area (Å²) in [4.78, 5) is 39.7. The molecule has 5 rings (SSSR count). The molecule has 1 fully saturated rings. The Balaban J connectivity index is 1.39. The van der Waals surface area contributed by atoms with Crippen LogP contribution in [0.15, 0.2) is 41.3 Å². The van der Waals surface area contributed by atoms with Gasteiger partial charge in [0.25, 0.3) is 11.8 Å². The molecule has 1 aliphatic heterocycles. The molecule has 1 saturated heterocycles. The second-order valence-corrected chi connectivity index (χ2v) is 9.85. The third kappa shape index (κ3) is 4.64. The number of amides is 2. The van der Waals surface area contributed by atoms with Gasteiger partial charge in [-0.1, -0.05) is 11.6 Å². The van der Waals surface area contributed by atoms with E-state index < -0.39 is 11.3 Å². The predicted molar refractivity (Wildman–Crippen MR) is 130 cm³/mol. The predicted octanol–water partition coefficient (Wildman–Crippen LogP) is 3.60. The topological polar surface area (TPSA) is 102 Å². The van der Waals surface area contributed by atoms with Crippen LogP contribution in [0.5, 0.6) is 0 Å². The molecule has 1 aromatic carbocycles. The van der Waals surface area contributed by atoms with E-state index in [1.807, 2.05) is 0 Å². The number of thiophene rings is 1. The number of nitrogens with one attached hydrogen (secondary N) is 2. The number of carbonyl (C=O) groups excluding carboxylic acids is 2. The third-order valence-electron chi connectivity index (χ3n) is 6.00. The first-order chi connectivity index (χ1) is 16.5. The number of aryl methyl sites for hydroxylation is 1. The third-order valence-corrected chi connectivity index (χ3v) is 7.46. The molecular formula is C24H23ClN4O4S. The number of carbonyl (C=O) groups is 2. The van der Waals surface area contributed by atoms with Crippen molar-refractivity contribution in [3.63, 3.8) is 0 Å². The molecule has 1 aliphatic carbocycles. The van der Waals surface area contributed by atoms with Crippen molar-refractivity contribution in [2.45, 2.75) is 38.2 Å². The zero-order chi connectivity index (χ0) is 23.7. The van der Waals surface area contributed by atoms with E-state index in [-0.39, 0.29) is 17.7 Å². The summed E-state index contributed by atoms with van der Waals surface area (Å²) in [5.74, 6) is -0.883. The van der Waals surface area contributed by atoms with Crippen LogP contribution in [0.3, 0.4) is 0 Å². The van der Waals surface area contributed by atoms with Gasteiger partial charge in [0.05, 0.1) is 17.4 Å². The van der Waals surface area contributed by atoms with E-state index in [0.717, 1.165) is 42.5 Å². The average molecular weight is 499 g/mol. The van der Waals surface area contributed by atoms with Crippen LogP contribution in [0.1, 0.15) is 50.5 Å². The number of hydrogen-bond donors (Lipinski definition) is 2. The van der Waals surface area contributed by atoms with Gasteiger partial charge in [-0.2, -0.15) is 5.10 Å². The molecule has 0 radical (unpaired) electrons. The summed E-state index contributed by atoms with van der Waals surface area (Å²) < 4.78 is 7.04. The number of anilines is 1. The van der Waals surface area contributed by atoms with Gasteiger partial charge in [0.1, 0.15) is 5.00 Å². The standard InChI is InChI=1S/C24H23ClN4O4S/c25-14-6-8-15(9-7-14)29-11-10-18(30)21(28-29)23(32)27-24-20(17-4-1-5-19(17)34-24)22(31)26-13-16-3-2-12-33-16/h6-11,16H,1-5,12-13H2,(H,26,31)(H,27,32)/t16-/m1/s1. The van der Waals surface area contributed by atoms with Gasteiger partial charge in [0.2, 0.25) is 5.43 Å². The van der Waals surface area contributed by atoms with Crippen LogP contribution in [0, 0.1) is 0 Å². The summed E-state index contributed by atoms with van der Waals surface area (Å²) in [7, 11) is 0. The highest BCUT2D eigenvalue weighted by Gasteiger charge is 2.29. The van der Waals surface area contributed by atoms with Crippen molar-refractivity contribution in [2.24, 2.45) is 0 Å². The molecule has 0 saturated carbocycles. The number of nitrogens with zero attached hydrogens (tertiary/aromatic N) is 2. The number of hydrogen-bond acceptors (Lipinski definition) is 6. The van der Waals surface area contributed by atoms with Crippen molar-refractivity contribution in [3.05, 3.63) is 73.5 Å². The summed E-state index contributed by atoms with van der Waals surface area (Å²) in [5, 5.41) is 11.0. The summed E-state index contributed by atoms with van der Waals surface area (Å²) in [5.41, 5.74) is 1.36. The molecule has 0 bridgehead atoms. The van der Waals surface area contributed by atoms with Gasteiger partial charge in [-0.05, 0) is 61.9 Å². The number of ether oxygens (including phenoxy) is 1. The van der Waals surface area contributed by atoms with E-state index in [1.54, 1.807) is 24.3 Å². The number of fused-ring (bicyclic) bond motifs is 1. The number of benzene rings is 1. The summed E-state index contributed by atoms with van der Waals surface area (Å²) in [6.45, 7) is 1.15. The van der Waals surface area contributed by atoms with E-state index in [2.05, 4.69) is 15.7 Å². The Morgan fingerprint density at radius 1 is 1.15 bits per heavy atom. The van der Waals surface area contributed by atoms with Gasteiger partial charge < -0.3 is 15.4 Å². The van der Waals surface area contributed by atoms with Crippen molar-refractivity contribution < 1.29 is 14.3 Å². The molecule has 8 nitrogen and oxygen atoms in total. The van der Waals surface area contributed by atoms with Gasteiger partial charge in [0, 0.05) is 35.3 Å². The summed E-state index contributed by atoms with van der Waals surface area (Å²) in [6, 6.07) is 8.17. The Kier molecular flexibility index (Phi) is 6.49. The van der Waals surface area contributed by atoms with Crippen LogP contribution >= 0.6 is 22.9 Å². The minimum absolute atomic E-state index is 0.0218. The first-order valence-electron chi connectivity index (χ1n) is 11.2. The van der Waals surface area contributed by atoms with Crippen molar-refractivity contribution in [2.75, 3.05) is 18.5 Å². The molecular weight excluding hydrogens is 476 g/mol. The molecule has 2 amide bonds. The molecule has 1 atom stereocenters. The van der Waals surface area contributed by atoms with Gasteiger partial charge in [-0.25, -0.2) is 4.68 Å². The Labute approximate surface area is 204 Å². The smallest absolute Gasteiger partial charge is 0.280 e. The minimum atomic E-state index is -0.651. The Hall–Kier alpha value is -3.01. The quantitative estimate of drug-likeness (QED) is 0.540. The van der Waals surface area contributed by atoms with Gasteiger partial charge in [-0.15, -0.1) is 11.3 Å². The van der Waals surface area contributed by atoms with Crippen LogP contribution in [-0.4, -0.2) is 40.9 Å². The molecule has 0 spiro atoms. The lowest BCUT2D eigenvalue weighted by Gasteiger charge is -2.13.